The van der Waals surface area contributed by atoms with Crippen molar-refractivity contribution in [3.8, 4) is 11.3 Å². The summed E-state index contributed by atoms with van der Waals surface area (Å²) in [5.74, 6) is 2.50. The molecular formula is C18H27N3. The molecule has 1 unspecified atom stereocenters. The van der Waals surface area contributed by atoms with Gasteiger partial charge in [0.2, 0.25) is 0 Å². The molecule has 0 spiro atoms. The van der Waals surface area contributed by atoms with E-state index in [2.05, 4.69) is 61.9 Å². The number of rotatable bonds is 6. The second-order valence-corrected chi connectivity index (χ2v) is 6.52. The average molecular weight is 285 g/mol. The highest BCUT2D eigenvalue weighted by Crippen LogP contribution is 2.25. The van der Waals surface area contributed by atoms with Gasteiger partial charge in [-0.15, -0.1) is 0 Å². The van der Waals surface area contributed by atoms with Crippen LogP contribution < -0.4 is 5.73 Å². The summed E-state index contributed by atoms with van der Waals surface area (Å²) in [4.78, 5) is 7.98. The van der Waals surface area contributed by atoms with Gasteiger partial charge in [0.25, 0.3) is 0 Å². The Morgan fingerprint density at radius 1 is 1.10 bits per heavy atom. The minimum atomic E-state index is 0.314. The van der Waals surface area contributed by atoms with Crippen LogP contribution in [0.2, 0.25) is 0 Å². The molecule has 3 nitrogen and oxygen atoms in total. The highest BCUT2D eigenvalue weighted by atomic mass is 14.9. The van der Waals surface area contributed by atoms with E-state index in [4.69, 9.17) is 5.73 Å². The summed E-state index contributed by atoms with van der Waals surface area (Å²) in [5.41, 5.74) is 9.50. The SMILES string of the molecule is CC(C)CC(CN)c1ncc(-c2ccc(C(C)C)cc2)[nH]1. The Morgan fingerprint density at radius 2 is 1.76 bits per heavy atom. The molecule has 2 aromatic rings. The summed E-state index contributed by atoms with van der Waals surface area (Å²) in [5, 5.41) is 0. The molecule has 2 rings (SSSR count). The number of benzene rings is 1. The molecule has 0 bridgehead atoms. The van der Waals surface area contributed by atoms with E-state index in [1.54, 1.807) is 0 Å². The molecule has 0 saturated carbocycles. The van der Waals surface area contributed by atoms with Gasteiger partial charge in [0.15, 0.2) is 0 Å². The fourth-order valence-electron chi connectivity index (χ4n) is 2.63. The number of hydrogen-bond acceptors (Lipinski definition) is 2. The third-order valence-corrected chi connectivity index (χ3v) is 3.91. The Morgan fingerprint density at radius 3 is 2.29 bits per heavy atom. The fraction of sp³-hybridized carbons (Fsp3) is 0.500. The molecule has 1 atom stereocenters. The number of imidazole rings is 1. The van der Waals surface area contributed by atoms with Gasteiger partial charge in [-0.05, 0) is 29.4 Å². The predicted octanol–water partition coefficient (Wildman–Crippen LogP) is 4.29. The molecule has 0 fully saturated rings. The lowest BCUT2D eigenvalue weighted by molar-refractivity contribution is 0.490. The third kappa shape index (κ3) is 3.94. The minimum absolute atomic E-state index is 0.314. The largest absolute Gasteiger partial charge is 0.342 e. The van der Waals surface area contributed by atoms with Crippen molar-refractivity contribution in [2.75, 3.05) is 6.54 Å². The standard InChI is InChI=1S/C18H27N3/c1-12(2)9-16(10-19)18-20-11-17(21-18)15-7-5-14(6-8-15)13(3)4/h5-8,11-13,16H,9-10,19H2,1-4H3,(H,20,21). The van der Waals surface area contributed by atoms with Crippen LogP contribution in [-0.4, -0.2) is 16.5 Å². The average Bonchev–Trinajstić information content (AvgIpc) is 2.94. The summed E-state index contributed by atoms with van der Waals surface area (Å²) in [6.07, 6.45) is 2.98. The molecule has 3 N–H and O–H groups in total. The van der Waals surface area contributed by atoms with Gasteiger partial charge in [0.05, 0.1) is 11.9 Å². The Balaban J connectivity index is 2.18. The minimum Gasteiger partial charge on any atom is -0.342 e. The zero-order valence-corrected chi connectivity index (χ0v) is 13.6. The second-order valence-electron chi connectivity index (χ2n) is 6.52. The van der Waals surface area contributed by atoms with E-state index in [0.29, 0.717) is 24.3 Å². The van der Waals surface area contributed by atoms with Crippen LogP contribution in [0, 0.1) is 5.92 Å². The van der Waals surface area contributed by atoms with Gasteiger partial charge in [-0.1, -0.05) is 52.0 Å². The van der Waals surface area contributed by atoms with E-state index in [1.807, 2.05) is 6.20 Å². The maximum Gasteiger partial charge on any atom is 0.110 e. The van der Waals surface area contributed by atoms with Crippen molar-refractivity contribution >= 4 is 0 Å². The van der Waals surface area contributed by atoms with Crippen molar-refractivity contribution in [2.45, 2.75) is 46.0 Å². The van der Waals surface area contributed by atoms with Gasteiger partial charge in [-0.2, -0.15) is 0 Å². The summed E-state index contributed by atoms with van der Waals surface area (Å²) in [6, 6.07) is 8.70. The topological polar surface area (TPSA) is 54.7 Å². The van der Waals surface area contributed by atoms with E-state index >= 15 is 0 Å². The van der Waals surface area contributed by atoms with Crippen molar-refractivity contribution in [1.82, 2.24) is 9.97 Å². The third-order valence-electron chi connectivity index (χ3n) is 3.91. The second kappa shape index (κ2) is 6.90. The molecule has 0 radical (unpaired) electrons. The van der Waals surface area contributed by atoms with Crippen LogP contribution in [0.5, 0.6) is 0 Å². The first-order valence-corrected chi connectivity index (χ1v) is 7.86. The molecule has 3 heteroatoms. The number of aromatic amines is 1. The number of aromatic nitrogens is 2. The van der Waals surface area contributed by atoms with Gasteiger partial charge < -0.3 is 10.7 Å². The van der Waals surface area contributed by atoms with Crippen LogP contribution in [0.15, 0.2) is 30.5 Å². The lowest BCUT2D eigenvalue weighted by atomic mass is 9.97. The van der Waals surface area contributed by atoms with E-state index in [0.717, 1.165) is 17.9 Å². The molecule has 1 heterocycles. The van der Waals surface area contributed by atoms with Crippen LogP contribution in [0.25, 0.3) is 11.3 Å². The van der Waals surface area contributed by atoms with Crippen molar-refractivity contribution in [3.05, 3.63) is 41.9 Å². The van der Waals surface area contributed by atoms with Gasteiger partial charge in [0, 0.05) is 12.5 Å². The predicted molar refractivity (Wildman–Crippen MR) is 89.4 cm³/mol. The Kier molecular flexibility index (Phi) is 5.18. The zero-order chi connectivity index (χ0) is 15.4. The molecular weight excluding hydrogens is 258 g/mol. The number of nitrogens with zero attached hydrogens (tertiary/aromatic N) is 1. The van der Waals surface area contributed by atoms with Crippen molar-refractivity contribution in [2.24, 2.45) is 11.7 Å². The normalized spacial score (nSPS) is 13.1. The molecule has 1 aromatic carbocycles. The quantitative estimate of drug-likeness (QED) is 0.832. The molecule has 0 aliphatic heterocycles. The number of nitrogens with two attached hydrogens (primary N) is 1. The molecule has 0 amide bonds. The smallest absolute Gasteiger partial charge is 0.110 e. The number of hydrogen-bond donors (Lipinski definition) is 2. The van der Waals surface area contributed by atoms with Crippen molar-refractivity contribution < 1.29 is 0 Å². The molecule has 0 aliphatic carbocycles. The molecule has 21 heavy (non-hydrogen) atoms. The Labute approximate surface area is 128 Å². The summed E-state index contributed by atoms with van der Waals surface area (Å²) < 4.78 is 0. The summed E-state index contributed by atoms with van der Waals surface area (Å²) in [6.45, 7) is 9.49. The Hall–Kier alpha value is -1.61. The summed E-state index contributed by atoms with van der Waals surface area (Å²) >= 11 is 0. The maximum atomic E-state index is 5.89. The van der Waals surface area contributed by atoms with Crippen molar-refractivity contribution in [3.63, 3.8) is 0 Å². The van der Waals surface area contributed by atoms with E-state index in [-0.39, 0.29) is 0 Å². The van der Waals surface area contributed by atoms with Gasteiger partial charge in [-0.3, -0.25) is 0 Å². The van der Waals surface area contributed by atoms with E-state index in [1.165, 1.54) is 11.1 Å². The zero-order valence-electron chi connectivity index (χ0n) is 13.6. The summed E-state index contributed by atoms with van der Waals surface area (Å²) in [7, 11) is 0. The number of nitrogens with one attached hydrogen (secondary N) is 1. The maximum absolute atomic E-state index is 5.89. The first kappa shape index (κ1) is 15.8. The highest BCUT2D eigenvalue weighted by molar-refractivity contribution is 5.59. The van der Waals surface area contributed by atoms with Gasteiger partial charge >= 0.3 is 0 Å². The van der Waals surface area contributed by atoms with Crippen LogP contribution in [-0.2, 0) is 0 Å². The molecule has 0 saturated heterocycles. The first-order valence-electron chi connectivity index (χ1n) is 7.86. The van der Waals surface area contributed by atoms with Crippen molar-refractivity contribution in [1.29, 1.82) is 0 Å². The molecule has 0 aliphatic rings. The van der Waals surface area contributed by atoms with E-state index < -0.39 is 0 Å². The van der Waals surface area contributed by atoms with E-state index in [9.17, 15) is 0 Å². The van der Waals surface area contributed by atoms with Crippen LogP contribution in [0.1, 0.15) is 57.3 Å². The highest BCUT2D eigenvalue weighted by Gasteiger charge is 2.15. The van der Waals surface area contributed by atoms with Gasteiger partial charge in [0.1, 0.15) is 5.82 Å². The monoisotopic (exact) mass is 285 g/mol. The van der Waals surface area contributed by atoms with Crippen LogP contribution in [0.4, 0.5) is 0 Å². The van der Waals surface area contributed by atoms with Crippen LogP contribution in [0.3, 0.4) is 0 Å². The Bertz CT molecular complexity index is 552. The van der Waals surface area contributed by atoms with Gasteiger partial charge in [-0.25, -0.2) is 4.98 Å². The lowest BCUT2D eigenvalue weighted by Gasteiger charge is -2.14. The first-order chi connectivity index (χ1) is 10.0. The molecule has 1 aromatic heterocycles. The molecule has 114 valence electrons. The van der Waals surface area contributed by atoms with Crippen LogP contribution >= 0.6 is 0 Å². The lowest BCUT2D eigenvalue weighted by Crippen LogP contribution is -2.15. The fourth-order valence-corrected chi connectivity index (χ4v) is 2.63. The number of H-pyrrole nitrogens is 1.